The maximum absolute atomic E-state index is 12.9. The van der Waals surface area contributed by atoms with Crippen molar-refractivity contribution >= 4 is 11.7 Å². The summed E-state index contributed by atoms with van der Waals surface area (Å²) in [7, 11) is 0. The molecule has 6 nitrogen and oxygen atoms in total. The number of carbonyl (C=O) groups excluding carboxylic acids is 1. The number of halogens is 2. The normalized spacial score (nSPS) is 13.9. The number of nitrogens with one attached hydrogen (secondary N) is 1. The summed E-state index contributed by atoms with van der Waals surface area (Å²) in [5.41, 5.74) is 2.72. The Morgan fingerprint density at radius 2 is 1.96 bits per heavy atom. The van der Waals surface area contributed by atoms with Crippen LogP contribution in [0.15, 0.2) is 42.6 Å². The van der Waals surface area contributed by atoms with E-state index in [-0.39, 0.29) is 24.1 Å². The molecule has 8 heteroatoms. The Balaban J connectivity index is 1.39. The number of hydrogen-bond donors (Lipinski definition) is 1. The molecule has 1 saturated carbocycles. The smallest absolute Gasteiger partial charge is 0.282 e. The van der Waals surface area contributed by atoms with Crippen molar-refractivity contribution in [2.45, 2.75) is 45.2 Å². The van der Waals surface area contributed by atoms with E-state index in [0.29, 0.717) is 18.1 Å². The monoisotopic (exact) mass is 385 g/mol. The number of amides is 1. The third-order valence-electron chi connectivity index (χ3n) is 4.72. The second-order valence-electron chi connectivity index (χ2n) is 7.16. The van der Waals surface area contributed by atoms with Crippen molar-refractivity contribution in [1.29, 1.82) is 0 Å². The number of rotatable bonds is 7. The highest BCUT2D eigenvalue weighted by molar-refractivity contribution is 5.89. The van der Waals surface area contributed by atoms with Crippen molar-refractivity contribution < 1.29 is 13.6 Å². The molecule has 4 rings (SSSR count). The van der Waals surface area contributed by atoms with Crippen LogP contribution >= 0.6 is 0 Å². The van der Waals surface area contributed by atoms with Gasteiger partial charge in [0.2, 0.25) is 5.91 Å². The van der Waals surface area contributed by atoms with Gasteiger partial charge >= 0.3 is 0 Å². The van der Waals surface area contributed by atoms with Crippen LogP contribution in [0, 0.1) is 6.92 Å². The number of benzene rings is 1. The standard InChI is InChI=1S/C20H21F2N5O/c1-13-2-4-14(5-3-13)11-26-9-8-18(25-26)23-19(28)12-27-17(15-6-7-15)10-16(24-27)20(21)22/h2-5,8-10,15,20H,6-7,11-12H2,1H3,(H,23,25,28). The third kappa shape index (κ3) is 4.27. The Hall–Kier alpha value is -3.03. The molecule has 0 radical (unpaired) electrons. The first-order valence-corrected chi connectivity index (χ1v) is 9.22. The lowest BCUT2D eigenvalue weighted by Gasteiger charge is -2.06. The van der Waals surface area contributed by atoms with Crippen molar-refractivity contribution in [1.82, 2.24) is 19.6 Å². The van der Waals surface area contributed by atoms with Crippen LogP contribution in [0.3, 0.4) is 0 Å². The van der Waals surface area contributed by atoms with Crippen LogP contribution in [0.1, 0.15) is 47.7 Å². The molecule has 0 aliphatic heterocycles. The van der Waals surface area contributed by atoms with Crippen LogP contribution in [0.4, 0.5) is 14.6 Å². The molecule has 1 aromatic carbocycles. The van der Waals surface area contributed by atoms with Crippen LogP contribution < -0.4 is 5.32 Å². The van der Waals surface area contributed by atoms with Gasteiger partial charge in [0.15, 0.2) is 5.82 Å². The molecule has 0 saturated heterocycles. The van der Waals surface area contributed by atoms with Crippen molar-refractivity contribution in [2.75, 3.05) is 5.32 Å². The molecule has 1 amide bonds. The van der Waals surface area contributed by atoms with E-state index in [0.717, 1.165) is 18.4 Å². The fourth-order valence-electron chi connectivity index (χ4n) is 3.11. The van der Waals surface area contributed by atoms with Gasteiger partial charge in [0.05, 0.1) is 6.54 Å². The van der Waals surface area contributed by atoms with Crippen LogP contribution in [0.5, 0.6) is 0 Å². The Morgan fingerprint density at radius 3 is 2.64 bits per heavy atom. The average molecular weight is 385 g/mol. The van der Waals surface area contributed by atoms with Gasteiger partial charge in [-0.05, 0) is 31.4 Å². The fraction of sp³-hybridized carbons (Fsp3) is 0.350. The number of hydrogen-bond acceptors (Lipinski definition) is 3. The summed E-state index contributed by atoms with van der Waals surface area (Å²) < 4.78 is 29.0. The summed E-state index contributed by atoms with van der Waals surface area (Å²) >= 11 is 0. The number of nitrogens with zero attached hydrogens (tertiary/aromatic N) is 4. The van der Waals surface area contributed by atoms with Crippen molar-refractivity contribution in [3.8, 4) is 0 Å². The van der Waals surface area contributed by atoms with Crippen molar-refractivity contribution in [2.24, 2.45) is 0 Å². The summed E-state index contributed by atoms with van der Waals surface area (Å²) in [4.78, 5) is 12.4. The van der Waals surface area contributed by atoms with Crippen LogP contribution in [-0.4, -0.2) is 25.5 Å². The molecule has 146 valence electrons. The van der Waals surface area contributed by atoms with Gasteiger partial charge in [-0.2, -0.15) is 10.2 Å². The lowest BCUT2D eigenvalue weighted by molar-refractivity contribution is -0.117. The van der Waals surface area contributed by atoms with Gasteiger partial charge in [-0.3, -0.25) is 14.2 Å². The Kier molecular flexibility index (Phi) is 4.93. The zero-order valence-corrected chi connectivity index (χ0v) is 15.5. The number of aryl methyl sites for hydroxylation is 1. The molecule has 1 aliphatic rings. The predicted octanol–water partition coefficient (Wildman–Crippen LogP) is 3.89. The Bertz CT molecular complexity index is 973. The molecule has 1 aliphatic carbocycles. The largest absolute Gasteiger partial charge is 0.308 e. The van der Waals surface area contributed by atoms with Gasteiger partial charge in [-0.15, -0.1) is 0 Å². The predicted molar refractivity (Wildman–Crippen MR) is 100 cm³/mol. The van der Waals surface area contributed by atoms with Gasteiger partial charge in [0.1, 0.15) is 12.2 Å². The van der Waals surface area contributed by atoms with Crippen LogP contribution in [0.2, 0.25) is 0 Å². The molecule has 0 unspecified atom stereocenters. The van der Waals surface area contributed by atoms with Crippen molar-refractivity contribution in [3.63, 3.8) is 0 Å². The topological polar surface area (TPSA) is 64.7 Å². The lowest BCUT2D eigenvalue weighted by atomic mass is 10.1. The lowest BCUT2D eigenvalue weighted by Crippen LogP contribution is -2.21. The zero-order valence-electron chi connectivity index (χ0n) is 15.5. The Labute approximate surface area is 161 Å². The number of alkyl halides is 2. The van der Waals surface area contributed by atoms with Gasteiger partial charge in [0, 0.05) is 23.9 Å². The second-order valence-corrected chi connectivity index (χ2v) is 7.16. The van der Waals surface area contributed by atoms with E-state index < -0.39 is 6.43 Å². The fourth-order valence-corrected chi connectivity index (χ4v) is 3.11. The third-order valence-corrected chi connectivity index (χ3v) is 4.72. The van der Waals surface area contributed by atoms with E-state index in [2.05, 4.69) is 15.5 Å². The van der Waals surface area contributed by atoms with Crippen LogP contribution in [-0.2, 0) is 17.9 Å². The summed E-state index contributed by atoms with van der Waals surface area (Å²) in [6.07, 6.45) is 1.03. The van der Waals surface area contributed by atoms with E-state index in [1.807, 2.05) is 31.2 Å². The molecule has 2 heterocycles. The first kappa shape index (κ1) is 18.3. The van der Waals surface area contributed by atoms with E-state index in [4.69, 9.17) is 0 Å². The van der Waals surface area contributed by atoms with E-state index in [9.17, 15) is 13.6 Å². The maximum Gasteiger partial charge on any atom is 0.282 e. The molecular formula is C20H21F2N5O. The molecular weight excluding hydrogens is 364 g/mol. The first-order valence-electron chi connectivity index (χ1n) is 9.22. The maximum atomic E-state index is 12.9. The van der Waals surface area contributed by atoms with Gasteiger partial charge in [0.25, 0.3) is 6.43 Å². The van der Waals surface area contributed by atoms with Crippen LogP contribution in [0.25, 0.3) is 0 Å². The van der Waals surface area contributed by atoms with Gasteiger partial charge in [-0.25, -0.2) is 8.78 Å². The van der Waals surface area contributed by atoms with E-state index >= 15 is 0 Å². The second kappa shape index (κ2) is 7.53. The van der Waals surface area contributed by atoms with E-state index in [1.54, 1.807) is 16.9 Å². The van der Waals surface area contributed by atoms with Gasteiger partial charge in [-0.1, -0.05) is 29.8 Å². The summed E-state index contributed by atoms with van der Waals surface area (Å²) in [6.45, 7) is 2.52. The van der Waals surface area contributed by atoms with Crippen molar-refractivity contribution in [3.05, 3.63) is 65.1 Å². The first-order chi connectivity index (χ1) is 13.5. The minimum Gasteiger partial charge on any atom is -0.308 e. The highest BCUT2D eigenvalue weighted by Crippen LogP contribution is 2.41. The average Bonchev–Trinajstić information content (AvgIpc) is 3.27. The molecule has 3 aromatic rings. The number of aromatic nitrogens is 4. The number of anilines is 1. The van der Waals surface area contributed by atoms with Gasteiger partial charge < -0.3 is 5.32 Å². The molecule has 1 N–H and O–H groups in total. The minimum atomic E-state index is -2.64. The molecule has 2 aromatic heterocycles. The molecule has 1 fully saturated rings. The highest BCUT2D eigenvalue weighted by Gasteiger charge is 2.30. The summed E-state index contributed by atoms with van der Waals surface area (Å²) in [6, 6.07) is 11.3. The molecule has 0 atom stereocenters. The highest BCUT2D eigenvalue weighted by atomic mass is 19.3. The molecule has 28 heavy (non-hydrogen) atoms. The Morgan fingerprint density at radius 1 is 1.21 bits per heavy atom. The summed E-state index contributed by atoms with van der Waals surface area (Å²) in [5.74, 6) is 0.305. The summed E-state index contributed by atoms with van der Waals surface area (Å²) in [5, 5.41) is 11.0. The molecule has 0 bridgehead atoms. The van der Waals surface area contributed by atoms with E-state index in [1.165, 1.54) is 16.3 Å². The minimum absolute atomic E-state index is 0.108. The quantitative estimate of drug-likeness (QED) is 0.671. The molecule has 0 spiro atoms. The zero-order chi connectivity index (χ0) is 19.7. The SMILES string of the molecule is Cc1ccc(Cn2ccc(NC(=O)Cn3nc(C(F)F)cc3C3CC3)n2)cc1. The number of carbonyl (C=O) groups is 1.